The van der Waals surface area contributed by atoms with Crippen molar-refractivity contribution in [3.8, 4) is 0 Å². The number of benzene rings is 1. The van der Waals surface area contributed by atoms with Crippen molar-refractivity contribution in [3.05, 3.63) is 35.4 Å². The molecule has 1 aromatic heterocycles. The van der Waals surface area contributed by atoms with Gasteiger partial charge in [0.2, 0.25) is 0 Å². The Hall–Kier alpha value is -1.05. The highest BCUT2D eigenvalue weighted by Crippen LogP contribution is 2.33. The molecule has 0 saturated heterocycles. The minimum atomic E-state index is -0.265. The smallest absolute Gasteiger partial charge is 0.319 e. The largest absolute Gasteiger partial charge is 0.465 e. The Morgan fingerprint density at radius 2 is 1.83 bits per heavy atom. The monoisotopic (exact) mass is 382 g/mol. The lowest BCUT2D eigenvalue weighted by atomic mass is 10.0. The Morgan fingerprint density at radius 1 is 1.17 bits per heavy atom. The SMILES string of the molecule is CCOC(=O)C(C)Sc1nnc(SCc2ccc(C(C)C)cc2)s1. The van der Waals surface area contributed by atoms with Gasteiger partial charge in [0.05, 0.1) is 6.61 Å². The maximum atomic E-state index is 11.6. The highest BCUT2D eigenvalue weighted by Gasteiger charge is 2.18. The summed E-state index contributed by atoms with van der Waals surface area (Å²) in [4.78, 5) is 11.6. The van der Waals surface area contributed by atoms with Gasteiger partial charge in [-0.2, -0.15) is 0 Å². The predicted octanol–water partition coefficient (Wildman–Crippen LogP) is 5.00. The number of thioether (sulfide) groups is 2. The summed E-state index contributed by atoms with van der Waals surface area (Å²) in [7, 11) is 0. The maximum Gasteiger partial charge on any atom is 0.319 e. The van der Waals surface area contributed by atoms with Crippen LogP contribution < -0.4 is 0 Å². The summed E-state index contributed by atoms with van der Waals surface area (Å²) in [5, 5.41) is 8.08. The van der Waals surface area contributed by atoms with Crippen molar-refractivity contribution in [1.29, 1.82) is 0 Å². The zero-order chi connectivity index (χ0) is 17.5. The summed E-state index contributed by atoms with van der Waals surface area (Å²) >= 11 is 4.59. The number of aromatic nitrogens is 2. The van der Waals surface area contributed by atoms with Gasteiger partial charge >= 0.3 is 5.97 Å². The second-order valence-corrected chi connectivity index (χ2v) is 9.32. The lowest BCUT2D eigenvalue weighted by Crippen LogP contribution is -2.16. The second-order valence-electron chi connectivity index (χ2n) is 5.53. The second kappa shape index (κ2) is 9.44. The zero-order valence-electron chi connectivity index (χ0n) is 14.3. The summed E-state index contributed by atoms with van der Waals surface area (Å²) in [6, 6.07) is 8.70. The molecule has 0 spiro atoms. The molecule has 1 heterocycles. The van der Waals surface area contributed by atoms with Crippen molar-refractivity contribution < 1.29 is 9.53 Å². The Morgan fingerprint density at radius 3 is 2.46 bits per heavy atom. The van der Waals surface area contributed by atoms with Gasteiger partial charge in [-0.3, -0.25) is 4.79 Å². The Balaban J connectivity index is 1.86. The fourth-order valence-electron chi connectivity index (χ4n) is 1.91. The third kappa shape index (κ3) is 5.79. The van der Waals surface area contributed by atoms with Gasteiger partial charge in [-0.15, -0.1) is 10.2 Å². The van der Waals surface area contributed by atoms with E-state index in [2.05, 4.69) is 48.3 Å². The third-order valence-corrected chi connectivity index (χ3v) is 6.58. The molecule has 0 aliphatic carbocycles. The van der Waals surface area contributed by atoms with Crippen molar-refractivity contribution in [2.45, 2.75) is 53.3 Å². The minimum Gasteiger partial charge on any atom is -0.465 e. The molecular weight excluding hydrogens is 360 g/mol. The van der Waals surface area contributed by atoms with E-state index in [1.807, 2.05) is 13.8 Å². The molecule has 130 valence electrons. The Kier molecular flexibility index (Phi) is 7.58. The molecule has 0 saturated carbocycles. The van der Waals surface area contributed by atoms with Crippen LogP contribution in [-0.4, -0.2) is 28.0 Å². The van der Waals surface area contributed by atoms with Crippen LogP contribution in [0.25, 0.3) is 0 Å². The van der Waals surface area contributed by atoms with Crippen molar-refractivity contribution in [1.82, 2.24) is 10.2 Å². The summed E-state index contributed by atoms with van der Waals surface area (Å²) in [6.45, 7) is 8.43. The van der Waals surface area contributed by atoms with Crippen LogP contribution in [0.2, 0.25) is 0 Å². The van der Waals surface area contributed by atoms with E-state index in [4.69, 9.17) is 4.74 Å². The van der Waals surface area contributed by atoms with E-state index < -0.39 is 0 Å². The first-order valence-electron chi connectivity index (χ1n) is 7.88. The number of hydrogen-bond acceptors (Lipinski definition) is 7. The summed E-state index contributed by atoms with van der Waals surface area (Å²) in [5.74, 6) is 1.21. The van der Waals surface area contributed by atoms with Crippen LogP contribution in [0.4, 0.5) is 0 Å². The number of carbonyl (C=O) groups excluding carboxylic acids is 1. The van der Waals surface area contributed by atoms with E-state index in [0.717, 1.165) is 14.4 Å². The molecular formula is C17H22N2O2S3. The van der Waals surface area contributed by atoms with E-state index in [-0.39, 0.29) is 11.2 Å². The number of nitrogens with zero attached hydrogens (tertiary/aromatic N) is 2. The van der Waals surface area contributed by atoms with E-state index in [9.17, 15) is 4.79 Å². The summed E-state index contributed by atoms with van der Waals surface area (Å²) in [6.07, 6.45) is 0. The first kappa shape index (κ1) is 19.3. The lowest BCUT2D eigenvalue weighted by Gasteiger charge is -2.07. The van der Waals surface area contributed by atoms with Gasteiger partial charge in [-0.25, -0.2) is 0 Å². The molecule has 0 bridgehead atoms. The van der Waals surface area contributed by atoms with Crippen LogP contribution in [0.5, 0.6) is 0 Å². The number of esters is 1. The molecule has 24 heavy (non-hydrogen) atoms. The van der Waals surface area contributed by atoms with Crippen molar-refractivity contribution in [3.63, 3.8) is 0 Å². The zero-order valence-corrected chi connectivity index (χ0v) is 16.8. The minimum absolute atomic E-state index is 0.211. The molecule has 0 radical (unpaired) electrons. The highest BCUT2D eigenvalue weighted by atomic mass is 32.2. The highest BCUT2D eigenvalue weighted by molar-refractivity contribution is 8.03. The molecule has 1 aromatic carbocycles. The molecule has 1 unspecified atom stereocenters. The van der Waals surface area contributed by atoms with Crippen molar-refractivity contribution >= 4 is 40.8 Å². The predicted molar refractivity (Wildman–Crippen MR) is 102 cm³/mol. The van der Waals surface area contributed by atoms with Crippen molar-refractivity contribution in [2.75, 3.05) is 6.61 Å². The van der Waals surface area contributed by atoms with E-state index in [1.165, 1.54) is 34.2 Å². The lowest BCUT2D eigenvalue weighted by molar-refractivity contribution is -0.142. The molecule has 4 nitrogen and oxygen atoms in total. The van der Waals surface area contributed by atoms with E-state index >= 15 is 0 Å². The summed E-state index contributed by atoms with van der Waals surface area (Å²) < 4.78 is 6.72. The molecule has 0 amide bonds. The first-order valence-corrected chi connectivity index (χ1v) is 10.6. The average Bonchev–Trinajstić information content (AvgIpc) is 3.01. The molecule has 2 aromatic rings. The number of rotatable bonds is 8. The van der Waals surface area contributed by atoms with Crippen LogP contribution in [0, 0.1) is 0 Å². The molecule has 0 fully saturated rings. The van der Waals surface area contributed by atoms with Crippen LogP contribution in [-0.2, 0) is 15.3 Å². The molecule has 0 N–H and O–H groups in total. The molecule has 2 rings (SSSR count). The molecule has 0 aliphatic heterocycles. The molecule has 0 aliphatic rings. The standard InChI is InChI=1S/C17H22N2O2S3/c1-5-21-15(20)12(4)23-17-19-18-16(24-17)22-10-13-6-8-14(9-7-13)11(2)3/h6-9,11-12H,5,10H2,1-4H3. The van der Waals surface area contributed by atoms with Crippen LogP contribution in [0.15, 0.2) is 32.9 Å². The van der Waals surface area contributed by atoms with E-state index in [0.29, 0.717) is 12.5 Å². The normalized spacial score (nSPS) is 12.4. The first-order chi connectivity index (χ1) is 11.5. The van der Waals surface area contributed by atoms with Crippen molar-refractivity contribution in [2.24, 2.45) is 0 Å². The van der Waals surface area contributed by atoms with Gasteiger partial charge in [0.1, 0.15) is 5.25 Å². The number of carbonyl (C=O) groups is 1. The van der Waals surface area contributed by atoms with Gasteiger partial charge in [0, 0.05) is 5.75 Å². The quantitative estimate of drug-likeness (QED) is 0.473. The van der Waals surface area contributed by atoms with Crippen LogP contribution >= 0.6 is 34.9 Å². The third-order valence-electron chi connectivity index (χ3n) is 3.29. The number of ether oxygens (including phenoxy) is 1. The fourth-order valence-corrected chi connectivity index (χ4v) is 5.02. The topological polar surface area (TPSA) is 52.1 Å². The molecule has 1 atom stereocenters. The summed E-state index contributed by atoms with van der Waals surface area (Å²) in [5.41, 5.74) is 2.62. The van der Waals surface area contributed by atoms with Gasteiger partial charge < -0.3 is 4.74 Å². The molecule has 7 heteroatoms. The van der Waals surface area contributed by atoms with Gasteiger partial charge in [0.15, 0.2) is 8.68 Å². The van der Waals surface area contributed by atoms with Gasteiger partial charge in [-0.1, -0.05) is 73.0 Å². The van der Waals surface area contributed by atoms with Gasteiger partial charge in [-0.05, 0) is 30.9 Å². The maximum absolute atomic E-state index is 11.6. The fraction of sp³-hybridized carbons (Fsp3) is 0.471. The number of hydrogen-bond donors (Lipinski definition) is 0. The van der Waals surface area contributed by atoms with Crippen LogP contribution in [0.3, 0.4) is 0 Å². The van der Waals surface area contributed by atoms with E-state index in [1.54, 1.807) is 11.8 Å². The Bertz CT molecular complexity index is 656. The van der Waals surface area contributed by atoms with Gasteiger partial charge in [0.25, 0.3) is 0 Å². The van der Waals surface area contributed by atoms with Crippen LogP contribution in [0.1, 0.15) is 44.7 Å². The average molecular weight is 383 g/mol. The Labute approximate surface area is 155 Å².